The number of carbonyl (C=O) groups is 2. The molecule has 150 valence electrons. The minimum absolute atomic E-state index is 0.288. The van der Waals surface area contributed by atoms with Crippen molar-refractivity contribution < 1.29 is 24.2 Å². The van der Waals surface area contributed by atoms with Crippen molar-refractivity contribution in [2.75, 3.05) is 13.1 Å². The molecule has 28 heavy (non-hydrogen) atoms. The van der Waals surface area contributed by atoms with E-state index in [-0.39, 0.29) is 11.5 Å². The minimum atomic E-state index is -0.887. The Labute approximate surface area is 163 Å². The topological polar surface area (TPSA) is 98.7 Å². The number of carboxylic acid groups (broad SMARTS) is 1. The van der Waals surface area contributed by atoms with Crippen molar-refractivity contribution in [2.45, 2.75) is 31.9 Å². The Morgan fingerprint density at radius 2 is 1.86 bits per heavy atom. The van der Waals surface area contributed by atoms with Gasteiger partial charge in [0, 0.05) is 19.0 Å². The zero-order chi connectivity index (χ0) is 20.7. The van der Waals surface area contributed by atoms with E-state index >= 15 is 0 Å². The van der Waals surface area contributed by atoms with E-state index < -0.39 is 23.4 Å². The number of aliphatic hydroxyl groups is 1. The molecule has 0 radical (unpaired) electrons. The fraction of sp³-hybridized carbons (Fsp3) is 0.333. The number of aliphatic carboxylic acids is 1. The number of piperidine rings is 1. The predicted molar refractivity (Wildman–Crippen MR) is 104 cm³/mol. The van der Waals surface area contributed by atoms with Crippen molar-refractivity contribution in [1.82, 2.24) is 10.6 Å². The van der Waals surface area contributed by atoms with Gasteiger partial charge in [-0.05, 0) is 43.1 Å². The summed E-state index contributed by atoms with van der Waals surface area (Å²) in [7, 11) is 0. The number of halogens is 1. The lowest BCUT2D eigenvalue weighted by Crippen LogP contribution is -2.61. The van der Waals surface area contributed by atoms with Crippen molar-refractivity contribution in [3.8, 4) is 0 Å². The highest BCUT2D eigenvalue weighted by Crippen LogP contribution is 2.31. The normalized spacial score (nSPS) is 21.2. The highest BCUT2D eigenvalue weighted by atomic mass is 19.1. The molecule has 1 aliphatic rings. The average Bonchev–Trinajstić information content (AvgIpc) is 2.66. The molecular weight excluding hydrogens is 363 g/mol. The van der Waals surface area contributed by atoms with Gasteiger partial charge in [-0.15, -0.1) is 0 Å². The van der Waals surface area contributed by atoms with Crippen molar-refractivity contribution in [3.63, 3.8) is 0 Å². The van der Waals surface area contributed by atoms with Gasteiger partial charge in [0.2, 0.25) is 0 Å². The molecule has 1 aliphatic heterocycles. The van der Waals surface area contributed by atoms with E-state index in [0.29, 0.717) is 25.1 Å². The van der Waals surface area contributed by atoms with Gasteiger partial charge in [0.15, 0.2) is 0 Å². The summed E-state index contributed by atoms with van der Waals surface area (Å²) < 4.78 is 13.5. The molecule has 1 amide bonds. The van der Waals surface area contributed by atoms with Crippen LogP contribution in [0.2, 0.25) is 0 Å². The van der Waals surface area contributed by atoms with Crippen LogP contribution in [0.3, 0.4) is 0 Å². The number of hydrogen-bond donors (Lipinski definition) is 4. The summed E-state index contributed by atoms with van der Waals surface area (Å²) in [6.45, 7) is 3.91. The highest BCUT2D eigenvalue weighted by Gasteiger charge is 2.43. The van der Waals surface area contributed by atoms with Crippen LogP contribution in [-0.2, 0) is 10.3 Å². The number of rotatable bonds is 3. The van der Waals surface area contributed by atoms with E-state index in [4.69, 9.17) is 9.90 Å². The third-order valence-corrected chi connectivity index (χ3v) is 4.67. The van der Waals surface area contributed by atoms with Crippen LogP contribution in [0.1, 0.15) is 34.8 Å². The summed E-state index contributed by atoms with van der Waals surface area (Å²) in [4.78, 5) is 21.8. The second-order valence-electron chi connectivity index (χ2n) is 6.74. The first-order chi connectivity index (χ1) is 13.3. The second-order valence-corrected chi connectivity index (χ2v) is 6.74. The molecule has 1 saturated heterocycles. The summed E-state index contributed by atoms with van der Waals surface area (Å²) in [6.07, 6.45) is -0.218. The maximum atomic E-state index is 13.5. The Morgan fingerprint density at radius 1 is 1.21 bits per heavy atom. The van der Waals surface area contributed by atoms with Crippen LogP contribution in [0.5, 0.6) is 0 Å². The van der Waals surface area contributed by atoms with Gasteiger partial charge in [-0.25, -0.2) is 4.39 Å². The largest absolute Gasteiger partial charge is 0.481 e. The lowest BCUT2D eigenvalue weighted by atomic mass is 9.79. The number of aryl methyl sites for hydroxylation is 1. The lowest BCUT2D eigenvalue weighted by molar-refractivity contribution is -0.134. The number of carbonyl (C=O) groups excluding carboxylic acids is 1. The molecule has 2 atom stereocenters. The fourth-order valence-electron chi connectivity index (χ4n) is 3.26. The molecule has 3 rings (SSSR count). The number of amides is 1. The van der Waals surface area contributed by atoms with Crippen molar-refractivity contribution in [1.29, 1.82) is 0 Å². The summed E-state index contributed by atoms with van der Waals surface area (Å²) in [5.74, 6) is -1.66. The Balaban J connectivity index is 0.000000640. The molecule has 2 aromatic rings. The first kappa shape index (κ1) is 21.5. The summed E-state index contributed by atoms with van der Waals surface area (Å²) in [5.41, 5.74) is 0.945. The van der Waals surface area contributed by atoms with Gasteiger partial charge >= 0.3 is 0 Å². The molecular formula is C21H25FN2O4. The molecule has 0 bridgehead atoms. The summed E-state index contributed by atoms with van der Waals surface area (Å²) in [6, 6.07) is 13.6. The molecule has 1 fully saturated rings. The lowest BCUT2D eigenvalue weighted by Gasteiger charge is -2.43. The van der Waals surface area contributed by atoms with Gasteiger partial charge in [-0.2, -0.15) is 0 Å². The average molecular weight is 388 g/mol. The monoisotopic (exact) mass is 388 g/mol. The highest BCUT2D eigenvalue weighted by molar-refractivity contribution is 5.96. The Bertz CT molecular complexity index is 824. The van der Waals surface area contributed by atoms with Crippen LogP contribution in [-0.4, -0.2) is 41.3 Å². The van der Waals surface area contributed by atoms with Gasteiger partial charge < -0.3 is 20.8 Å². The first-order valence-corrected chi connectivity index (χ1v) is 8.99. The van der Waals surface area contributed by atoms with E-state index in [2.05, 4.69) is 10.6 Å². The van der Waals surface area contributed by atoms with Crippen molar-refractivity contribution in [3.05, 3.63) is 71.0 Å². The fourth-order valence-corrected chi connectivity index (χ4v) is 3.26. The number of hydrogen-bond acceptors (Lipinski definition) is 4. The van der Waals surface area contributed by atoms with Crippen molar-refractivity contribution in [2.24, 2.45) is 0 Å². The van der Waals surface area contributed by atoms with E-state index in [1.54, 1.807) is 13.0 Å². The summed E-state index contributed by atoms with van der Waals surface area (Å²) in [5, 5.41) is 24.2. The molecule has 4 N–H and O–H groups in total. The van der Waals surface area contributed by atoms with Gasteiger partial charge in [0.1, 0.15) is 5.82 Å². The molecule has 6 nitrogen and oxygen atoms in total. The zero-order valence-corrected chi connectivity index (χ0v) is 15.9. The van der Waals surface area contributed by atoms with E-state index in [0.717, 1.165) is 12.5 Å². The second kappa shape index (κ2) is 9.43. The van der Waals surface area contributed by atoms with Crippen LogP contribution in [0, 0.1) is 12.7 Å². The maximum absolute atomic E-state index is 13.5. The molecule has 0 aromatic heterocycles. The molecule has 0 aliphatic carbocycles. The van der Waals surface area contributed by atoms with Gasteiger partial charge in [-0.3, -0.25) is 9.59 Å². The number of β-amino-alcohol motifs (C(OH)–C–C–N with tert-alkyl or cyclic N) is 1. The molecule has 0 saturated carbocycles. The maximum Gasteiger partial charge on any atom is 0.300 e. The number of benzene rings is 2. The minimum Gasteiger partial charge on any atom is -0.481 e. The van der Waals surface area contributed by atoms with E-state index in [1.165, 1.54) is 12.1 Å². The SMILES string of the molecule is CC(=O)O.Cc1ccc(F)cc1C(=O)N[C@]1(c2ccccc2)CCNC[C@H]1O. The van der Waals surface area contributed by atoms with Gasteiger partial charge in [-0.1, -0.05) is 36.4 Å². The predicted octanol–water partition coefficient (Wildman–Crippen LogP) is 2.20. The standard InChI is InChI=1S/C19H21FN2O2.C2H4O2/c1-13-7-8-15(20)11-16(13)18(24)22-19(9-10-21-12-17(19)23)14-5-3-2-4-6-14;1-2(3)4/h2-8,11,17,21,23H,9-10,12H2,1H3,(H,22,24);1H3,(H,3,4)/t17-,19+;/m1./s1. The third kappa shape index (κ3) is 5.15. The van der Waals surface area contributed by atoms with Crippen molar-refractivity contribution >= 4 is 11.9 Å². The first-order valence-electron chi connectivity index (χ1n) is 8.99. The van der Waals surface area contributed by atoms with Crippen LogP contribution in [0.15, 0.2) is 48.5 Å². The molecule has 7 heteroatoms. The molecule has 0 unspecified atom stereocenters. The van der Waals surface area contributed by atoms with E-state index in [9.17, 15) is 14.3 Å². The molecule has 1 heterocycles. The van der Waals surface area contributed by atoms with Crippen LogP contribution >= 0.6 is 0 Å². The quantitative estimate of drug-likeness (QED) is 0.646. The Hall–Kier alpha value is -2.77. The van der Waals surface area contributed by atoms with E-state index in [1.807, 2.05) is 30.3 Å². The van der Waals surface area contributed by atoms with Crippen LogP contribution in [0.4, 0.5) is 4.39 Å². The Kier molecular flexibility index (Phi) is 7.25. The zero-order valence-electron chi connectivity index (χ0n) is 15.9. The number of aliphatic hydroxyl groups excluding tert-OH is 1. The number of nitrogens with one attached hydrogen (secondary N) is 2. The Morgan fingerprint density at radius 3 is 2.46 bits per heavy atom. The molecule has 0 spiro atoms. The van der Waals surface area contributed by atoms with Gasteiger partial charge in [0.25, 0.3) is 11.9 Å². The number of carboxylic acids is 1. The van der Waals surface area contributed by atoms with Gasteiger partial charge in [0.05, 0.1) is 11.6 Å². The summed E-state index contributed by atoms with van der Waals surface area (Å²) >= 11 is 0. The third-order valence-electron chi connectivity index (χ3n) is 4.67. The van der Waals surface area contributed by atoms with Crippen LogP contribution < -0.4 is 10.6 Å². The smallest absolute Gasteiger partial charge is 0.300 e. The van der Waals surface area contributed by atoms with Crippen LogP contribution in [0.25, 0.3) is 0 Å². The molecule has 2 aromatic carbocycles.